The van der Waals surface area contributed by atoms with Crippen molar-refractivity contribution in [2.75, 3.05) is 92.4 Å². The smallest absolute Gasteiger partial charge is 0.261 e. The van der Waals surface area contributed by atoms with Crippen LogP contribution in [0.5, 0.6) is 5.75 Å². The summed E-state index contributed by atoms with van der Waals surface area (Å²) < 4.78 is 38.8. The van der Waals surface area contributed by atoms with E-state index >= 15 is 0 Å². The van der Waals surface area contributed by atoms with E-state index in [1.807, 2.05) is 12.1 Å². The van der Waals surface area contributed by atoms with Crippen LogP contribution >= 0.6 is 0 Å². The lowest BCUT2D eigenvalue weighted by molar-refractivity contribution is -0.0182. The summed E-state index contributed by atoms with van der Waals surface area (Å²) in [4.78, 5) is 25.8. The Hall–Kier alpha value is -2.86. The second-order valence-electron chi connectivity index (χ2n) is 11.0. The second-order valence-corrected chi connectivity index (χ2v) is 11.0. The van der Waals surface area contributed by atoms with Crippen molar-refractivity contribution < 1.29 is 42.7 Å². The van der Waals surface area contributed by atoms with Gasteiger partial charge < -0.3 is 33.2 Å². The van der Waals surface area contributed by atoms with Crippen LogP contribution in [-0.2, 0) is 34.8 Å². The van der Waals surface area contributed by atoms with Crippen LogP contribution in [0.15, 0.2) is 48.5 Å². The summed E-state index contributed by atoms with van der Waals surface area (Å²) >= 11 is 0. The van der Waals surface area contributed by atoms with Gasteiger partial charge in [0.25, 0.3) is 11.8 Å². The van der Waals surface area contributed by atoms with Crippen molar-refractivity contribution in [2.24, 2.45) is 0 Å². The third kappa shape index (κ3) is 15.2. The molecule has 0 unspecified atom stereocenters. The number of rotatable bonds is 29. The molecule has 0 aliphatic carbocycles. The number of carbonyl (C=O) groups is 2. The fraction of sp³-hybridized carbons (Fsp3) is 0.611. The second kappa shape index (κ2) is 24.3. The zero-order valence-electron chi connectivity index (χ0n) is 27.6. The van der Waals surface area contributed by atoms with E-state index in [9.17, 15) is 9.59 Å². The minimum atomic E-state index is -0.271. The first-order valence-electron chi connectivity index (χ1n) is 16.8. The standard InChI is InChI=1S/C36H53NO9/c1-2-3-4-5-6-7-10-31-13-15-32(16-14-31)46-30-29-45-28-27-44-26-25-43-24-23-42-22-21-41-20-19-40-18-17-37-35(38)33-11-8-9-12-34(33)36(37)39/h8-9,11-16H,2-7,10,17-30H2,1H3. The van der Waals surface area contributed by atoms with E-state index in [4.69, 9.17) is 33.2 Å². The molecule has 0 spiro atoms. The summed E-state index contributed by atoms with van der Waals surface area (Å²) in [5, 5.41) is 0. The van der Waals surface area contributed by atoms with Crippen molar-refractivity contribution >= 4 is 11.8 Å². The van der Waals surface area contributed by atoms with Crippen LogP contribution in [-0.4, -0.2) is 109 Å². The molecule has 0 saturated heterocycles. The molecule has 0 radical (unpaired) electrons. The van der Waals surface area contributed by atoms with Gasteiger partial charge in [-0.2, -0.15) is 0 Å². The van der Waals surface area contributed by atoms with E-state index in [1.165, 1.54) is 49.0 Å². The van der Waals surface area contributed by atoms with E-state index in [-0.39, 0.29) is 25.0 Å². The normalized spacial score (nSPS) is 12.7. The first-order valence-corrected chi connectivity index (χ1v) is 16.8. The number of unbranched alkanes of at least 4 members (excludes halogenated alkanes) is 5. The molecule has 46 heavy (non-hydrogen) atoms. The zero-order valence-corrected chi connectivity index (χ0v) is 27.6. The molecule has 1 heterocycles. The van der Waals surface area contributed by atoms with Gasteiger partial charge in [0.1, 0.15) is 12.4 Å². The van der Waals surface area contributed by atoms with Gasteiger partial charge in [-0.05, 0) is 42.7 Å². The Morgan fingerprint density at radius 2 is 0.935 bits per heavy atom. The SMILES string of the molecule is CCCCCCCCc1ccc(OCCOCCOCCOCCOCCOCCOCCN2C(=O)c3ccccc3C2=O)cc1. The van der Waals surface area contributed by atoms with Crippen LogP contribution in [0.3, 0.4) is 0 Å². The molecule has 0 N–H and O–H groups in total. The van der Waals surface area contributed by atoms with Crippen molar-refractivity contribution in [2.45, 2.75) is 51.9 Å². The van der Waals surface area contributed by atoms with Gasteiger partial charge in [0, 0.05) is 0 Å². The molecule has 0 bridgehead atoms. The highest BCUT2D eigenvalue weighted by Crippen LogP contribution is 2.22. The number of nitrogens with zero attached hydrogens (tertiary/aromatic N) is 1. The minimum absolute atomic E-state index is 0.221. The lowest BCUT2D eigenvalue weighted by atomic mass is 10.0. The monoisotopic (exact) mass is 643 g/mol. The average molecular weight is 644 g/mol. The molecule has 3 rings (SSSR count). The highest BCUT2D eigenvalue weighted by Gasteiger charge is 2.34. The third-order valence-corrected chi connectivity index (χ3v) is 7.44. The van der Waals surface area contributed by atoms with Gasteiger partial charge in [-0.3, -0.25) is 14.5 Å². The van der Waals surface area contributed by atoms with Gasteiger partial charge in [0.05, 0.1) is 97.0 Å². The quantitative estimate of drug-likeness (QED) is 0.0856. The number of amides is 2. The van der Waals surface area contributed by atoms with Gasteiger partial charge in [-0.25, -0.2) is 0 Å². The van der Waals surface area contributed by atoms with Gasteiger partial charge in [0.2, 0.25) is 0 Å². The van der Waals surface area contributed by atoms with Crippen molar-refractivity contribution in [1.29, 1.82) is 0 Å². The summed E-state index contributed by atoms with van der Waals surface area (Å²) in [6.07, 6.45) is 9.05. The van der Waals surface area contributed by atoms with Crippen molar-refractivity contribution in [3.8, 4) is 5.75 Å². The molecule has 1 aliphatic heterocycles. The fourth-order valence-electron chi connectivity index (χ4n) is 4.88. The highest BCUT2D eigenvalue weighted by atomic mass is 16.6. The largest absolute Gasteiger partial charge is 0.491 e. The molecule has 10 nitrogen and oxygen atoms in total. The maximum absolute atomic E-state index is 12.3. The van der Waals surface area contributed by atoms with Crippen LogP contribution in [0.25, 0.3) is 0 Å². The Morgan fingerprint density at radius 1 is 0.500 bits per heavy atom. The zero-order chi connectivity index (χ0) is 32.5. The Labute approximate surface area is 274 Å². The molecular weight excluding hydrogens is 590 g/mol. The van der Waals surface area contributed by atoms with Crippen LogP contribution < -0.4 is 4.74 Å². The summed E-state index contributed by atoms with van der Waals surface area (Å²) in [6, 6.07) is 15.2. The summed E-state index contributed by atoms with van der Waals surface area (Å²) in [5.74, 6) is 0.334. The lowest BCUT2D eigenvalue weighted by Gasteiger charge is -2.13. The van der Waals surface area contributed by atoms with Gasteiger partial charge in [-0.1, -0.05) is 63.3 Å². The Morgan fingerprint density at radius 3 is 1.43 bits per heavy atom. The summed E-state index contributed by atoms with van der Waals surface area (Å²) in [7, 11) is 0. The van der Waals surface area contributed by atoms with Gasteiger partial charge in [-0.15, -0.1) is 0 Å². The minimum Gasteiger partial charge on any atom is -0.491 e. The number of ether oxygens (including phenoxy) is 7. The number of benzene rings is 2. The van der Waals surface area contributed by atoms with Gasteiger partial charge >= 0.3 is 0 Å². The van der Waals surface area contributed by atoms with Gasteiger partial charge in [0.15, 0.2) is 0 Å². The number of aryl methyl sites for hydroxylation is 1. The Balaban J connectivity index is 0.996. The van der Waals surface area contributed by atoms with Crippen LogP contribution in [0.2, 0.25) is 0 Å². The maximum Gasteiger partial charge on any atom is 0.261 e. The molecule has 10 heteroatoms. The van der Waals surface area contributed by atoms with Crippen LogP contribution in [0.1, 0.15) is 71.7 Å². The molecule has 256 valence electrons. The predicted octanol–water partition coefficient (Wildman–Crippen LogP) is 5.36. The molecule has 0 atom stereocenters. The third-order valence-electron chi connectivity index (χ3n) is 7.44. The molecular formula is C36H53NO9. The number of imide groups is 1. The van der Waals surface area contributed by atoms with Crippen LogP contribution in [0, 0.1) is 0 Å². The number of hydrogen-bond donors (Lipinski definition) is 0. The maximum atomic E-state index is 12.3. The number of hydrogen-bond acceptors (Lipinski definition) is 9. The molecule has 0 aromatic heterocycles. The Bertz CT molecular complexity index is 1060. The molecule has 2 aromatic carbocycles. The molecule has 2 amide bonds. The van der Waals surface area contributed by atoms with E-state index in [1.54, 1.807) is 24.3 Å². The van der Waals surface area contributed by atoms with Crippen molar-refractivity contribution in [3.05, 3.63) is 65.2 Å². The van der Waals surface area contributed by atoms with E-state index in [0.717, 1.165) is 12.2 Å². The summed E-state index contributed by atoms with van der Waals surface area (Å²) in [5.41, 5.74) is 2.27. The predicted molar refractivity (Wildman–Crippen MR) is 176 cm³/mol. The topological polar surface area (TPSA) is 102 Å². The van der Waals surface area contributed by atoms with E-state index < -0.39 is 0 Å². The average Bonchev–Trinajstić information content (AvgIpc) is 3.32. The van der Waals surface area contributed by atoms with Crippen molar-refractivity contribution in [3.63, 3.8) is 0 Å². The molecule has 1 aliphatic rings. The first-order chi connectivity index (χ1) is 22.7. The fourth-order valence-corrected chi connectivity index (χ4v) is 4.88. The van der Waals surface area contributed by atoms with Crippen LogP contribution in [0.4, 0.5) is 0 Å². The number of carbonyl (C=O) groups excluding carboxylic acids is 2. The number of fused-ring (bicyclic) bond motifs is 1. The van der Waals surface area contributed by atoms with E-state index in [0.29, 0.717) is 90.4 Å². The van der Waals surface area contributed by atoms with E-state index in [2.05, 4.69) is 19.1 Å². The Kier molecular flexibility index (Phi) is 19.9. The molecule has 0 saturated carbocycles. The highest BCUT2D eigenvalue weighted by molar-refractivity contribution is 6.21. The molecule has 0 fully saturated rings. The lowest BCUT2D eigenvalue weighted by Crippen LogP contribution is -2.33. The molecule has 2 aromatic rings. The summed E-state index contributed by atoms with van der Waals surface area (Å²) in [6.45, 7) is 8.44. The first kappa shape index (κ1) is 37.6. The van der Waals surface area contributed by atoms with Crippen molar-refractivity contribution in [1.82, 2.24) is 4.90 Å².